The molecule has 0 aromatic heterocycles. The van der Waals surface area contributed by atoms with Crippen LogP contribution in [0.25, 0.3) is 0 Å². The third kappa shape index (κ3) is 8.90. The van der Waals surface area contributed by atoms with E-state index in [1.165, 1.54) is 4.90 Å². The number of rotatable bonds is 6. The minimum atomic E-state index is -5.07. The summed E-state index contributed by atoms with van der Waals surface area (Å²) in [5, 5.41) is 0. The molecule has 0 bridgehead atoms. The molecule has 0 N–H and O–H groups in total. The maximum atomic E-state index is 13.7. The van der Waals surface area contributed by atoms with Gasteiger partial charge in [0.2, 0.25) is 0 Å². The summed E-state index contributed by atoms with van der Waals surface area (Å²) in [6, 6.07) is 9.60. The first-order valence-corrected chi connectivity index (χ1v) is 14.8. The molecule has 2 saturated heterocycles. The number of piperazine rings is 1. The quantitative estimate of drug-likeness (QED) is 0.336. The monoisotopic (exact) mass is 643 g/mol. The number of halogens is 6. The van der Waals surface area contributed by atoms with E-state index in [4.69, 9.17) is 9.47 Å². The predicted molar refractivity (Wildman–Crippen MR) is 155 cm³/mol. The fraction of sp³-hybridized carbons (Fsp3) is 0.562. The van der Waals surface area contributed by atoms with Gasteiger partial charge in [-0.25, -0.2) is 4.79 Å². The normalized spacial score (nSPS) is 22.0. The van der Waals surface area contributed by atoms with Crippen molar-refractivity contribution in [2.24, 2.45) is 0 Å². The number of piperidine rings is 1. The molecule has 2 aromatic carbocycles. The van der Waals surface area contributed by atoms with Gasteiger partial charge in [0.05, 0.1) is 16.7 Å². The number of hydrogen-bond donors (Lipinski definition) is 0. The van der Waals surface area contributed by atoms with E-state index in [1.54, 1.807) is 32.8 Å². The number of methoxy groups -OCH3 is 1. The van der Waals surface area contributed by atoms with Crippen molar-refractivity contribution in [3.05, 3.63) is 70.8 Å². The van der Waals surface area contributed by atoms with E-state index >= 15 is 0 Å². The molecule has 2 atom stereocenters. The van der Waals surface area contributed by atoms with Crippen LogP contribution < -0.4 is 0 Å². The lowest BCUT2D eigenvalue weighted by Crippen LogP contribution is -2.60. The van der Waals surface area contributed by atoms with E-state index in [2.05, 4.69) is 4.90 Å². The van der Waals surface area contributed by atoms with Crippen molar-refractivity contribution in [2.75, 3.05) is 46.4 Å². The molecule has 248 valence electrons. The smallest absolute Gasteiger partial charge is 0.416 e. The molecule has 2 amide bonds. The zero-order valence-electron chi connectivity index (χ0n) is 25.8. The molecule has 7 nitrogen and oxygen atoms in total. The van der Waals surface area contributed by atoms with Crippen LogP contribution in [0.2, 0.25) is 0 Å². The minimum absolute atomic E-state index is 0.0208. The second kappa shape index (κ2) is 13.2. The molecule has 2 aliphatic rings. The Morgan fingerprint density at radius 1 is 0.867 bits per heavy atom. The van der Waals surface area contributed by atoms with Crippen molar-refractivity contribution in [3.63, 3.8) is 0 Å². The third-order valence-corrected chi connectivity index (χ3v) is 8.24. The summed E-state index contributed by atoms with van der Waals surface area (Å²) in [4.78, 5) is 31.4. The first-order valence-electron chi connectivity index (χ1n) is 14.8. The minimum Gasteiger partial charge on any atom is -0.444 e. The maximum absolute atomic E-state index is 13.7. The fourth-order valence-corrected chi connectivity index (χ4v) is 5.94. The van der Waals surface area contributed by atoms with Crippen molar-refractivity contribution < 1.29 is 45.4 Å². The molecule has 0 saturated carbocycles. The third-order valence-electron chi connectivity index (χ3n) is 8.24. The van der Waals surface area contributed by atoms with E-state index in [0.717, 1.165) is 5.56 Å². The Hall–Kier alpha value is -3.32. The van der Waals surface area contributed by atoms with Gasteiger partial charge in [-0.15, -0.1) is 0 Å². The number of likely N-dealkylation sites (tertiary alicyclic amines) is 1. The lowest BCUT2D eigenvalue weighted by Gasteiger charge is -2.48. The molecule has 0 spiro atoms. The summed E-state index contributed by atoms with van der Waals surface area (Å²) in [6.07, 6.45) is -9.57. The Balaban J connectivity index is 1.57. The molecule has 4 rings (SSSR count). The van der Waals surface area contributed by atoms with Gasteiger partial charge in [0.25, 0.3) is 5.91 Å². The van der Waals surface area contributed by atoms with Crippen LogP contribution in [0.3, 0.4) is 0 Å². The van der Waals surface area contributed by atoms with Crippen molar-refractivity contribution >= 4 is 12.0 Å². The average molecular weight is 644 g/mol. The number of hydrogen-bond acceptors (Lipinski definition) is 5. The SMILES string of the molecule is COC1(CN2CCN(C(=O)OC(C)(C)C)CC2)CCN(C(=O)c2cc(C(F)(F)F)cc(C(F)(F)F)c2)C(Cc2ccccc2)C1. The van der Waals surface area contributed by atoms with Gasteiger partial charge in [-0.2, -0.15) is 26.3 Å². The van der Waals surface area contributed by atoms with Gasteiger partial charge >= 0.3 is 18.4 Å². The van der Waals surface area contributed by atoms with E-state index in [1.807, 2.05) is 30.3 Å². The molecule has 2 aliphatic heterocycles. The maximum Gasteiger partial charge on any atom is 0.416 e. The Morgan fingerprint density at radius 3 is 1.96 bits per heavy atom. The van der Waals surface area contributed by atoms with Crippen LogP contribution in [-0.4, -0.2) is 90.3 Å². The molecule has 2 fully saturated rings. The highest BCUT2D eigenvalue weighted by Crippen LogP contribution is 2.38. The second-order valence-electron chi connectivity index (χ2n) is 12.7. The first kappa shape index (κ1) is 34.6. The van der Waals surface area contributed by atoms with Gasteiger partial charge in [-0.1, -0.05) is 30.3 Å². The zero-order chi connectivity index (χ0) is 33.2. The summed E-state index contributed by atoms with van der Waals surface area (Å²) in [6.45, 7) is 7.95. The van der Waals surface area contributed by atoms with Crippen LogP contribution in [0, 0.1) is 0 Å². The lowest BCUT2D eigenvalue weighted by atomic mass is 9.82. The Bertz CT molecular complexity index is 1300. The Labute approximate surface area is 259 Å². The number of alkyl halides is 6. The van der Waals surface area contributed by atoms with Gasteiger partial charge in [-0.3, -0.25) is 9.69 Å². The summed E-state index contributed by atoms with van der Waals surface area (Å²) in [5.74, 6) is -0.900. The van der Waals surface area contributed by atoms with Gasteiger partial charge in [-0.05, 0) is 63.8 Å². The molecule has 2 aromatic rings. The van der Waals surface area contributed by atoms with Crippen molar-refractivity contribution in [3.8, 4) is 0 Å². The molecular weight excluding hydrogens is 604 g/mol. The number of ether oxygens (including phenoxy) is 2. The molecule has 13 heteroatoms. The van der Waals surface area contributed by atoms with Crippen LogP contribution in [-0.2, 0) is 28.2 Å². The van der Waals surface area contributed by atoms with E-state index in [9.17, 15) is 35.9 Å². The predicted octanol–water partition coefficient (Wildman–Crippen LogP) is 6.51. The number of carbonyl (C=O) groups is 2. The largest absolute Gasteiger partial charge is 0.444 e. The molecular formula is C32H39F6N3O4. The Morgan fingerprint density at radius 2 is 1.44 bits per heavy atom. The molecule has 0 aliphatic carbocycles. The van der Waals surface area contributed by atoms with Crippen LogP contribution in [0.4, 0.5) is 31.1 Å². The van der Waals surface area contributed by atoms with Gasteiger partial charge < -0.3 is 19.3 Å². The molecule has 0 radical (unpaired) electrons. The first-order chi connectivity index (χ1) is 20.9. The number of nitrogens with zero attached hydrogens (tertiary/aromatic N) is 3. The van der Waals surface area contributed by atoms with Crippen LogP contribution in [0.15, 0.2) is 48.5 Å². The second-order valence-corrected chi connectivity index (χ2v) is 12.7. The van der Waals surface area contributed by atoms with E-state index in [-0.39, 0.29) is 18.7 Å². The highest BCUT2D eigenvalue weighted by Gasteiger charge is 2.44. The summed E-state index contributed by atoms with van der Waals surface area (Å²) in [5.41, 5.74) is -4.23. The Kier molecular flexibility index (Phi) is 10.1. The number of amides is 2. The number of carbonyl (C=O) groups excluding carboxylic acids is 2. The summed E-state index contributed by atoms with van der Waals surface area (Å²) in [7, 11) is 1.57. The molecule has 2 heterocycles. The zero-order valence-corrected chi connectivity index (χ0v) is 25.8. The standard InChI is InChI=1S/C32H39F6N3O4/c1-29(2,3)45-28(43)40-14-12-39(13-15-40)21-30(44-4)10-11-41(26(20-30)16-22-8-6-5-7-9-22)27(42)23-17-24(31(33,34)35)19-25(18-23)32(36,37)38/h5-9,17-19,26H,10-16,20-21H2,1-4H3. The van der Waals surface area contributed by atoms with Crippen LogP contribution in [0.5, 0.6) is 0 Å². The van der Waals surface area contributed by atoms with Crippen LogP contribution in [0.1, 0.15) is 60.7 Å². The molecule has 2 unspecified atom stereocenters. The van der Waals surface area contributed by atoms with Crippen molar-refractivity contribution in [1.82, 2.24) is 14.7 Å². The van der Waals surface area contributed by atoms with E-state index in [0.29, 0.717) is 64.1 Å². The van der Waals surface area contributed by atoms with Gasteiger partial charge in [0, 0.05) is 58.0 Å². The van der Waals surface area contributed by atoms with Crippen LogP contribution >= 0.6 is 0 Å². The topological polar surface area (TPSA) is 62.3 Å². The molecule has 45 heavy (non-hydrogen) atoms. The fourth-order valence-electron chi connectivity index (χ4n) is 5.94. The van der Waals surface area contributed by atoms with Crippen molar-refractivity contribution in [1.29, 1.82) is 0 Å². The number of benzene rings is 2. The van der Waals surface area contributed by atoms with Gasteiger partial charge in [0.15, 0.2) is 0 Å². The summed E-state index contributed by atoms with van der Waals surface area (Å²) < 4.78 is 93.0. The summed E-state index contributed by atoms with van der Waals surface area (Å²) >= 11 is 0. The van der Waals surface area contributed by atoms with Crippen molar-refractivity contribution in [2.45, 2.75) is 69.6 Å². The average Bonchev–Trinajstić information content (AvgIpc) is 2.96. The van der Waals surface area contributed by atoms with Gasteiger partial charge in [0.1, 0.15) is 5.60 Å². The lowest BCUT2D eigenvalue weighted by molar-refractivity contribution is -0.143. The highest BCUT2D eigenvalue weighted by molar-refractivity contribution is 5.95. The van der Waals surface area contributed by atoms with E-state index < -0.39 is 52.2 Å². The highest BCUT2D eigenvalue weighted by atomic mass is 19.4.